The molecule has 35 heavy (non-hydrogen) atoms. The van der Waals surface area contributed by atoms with E-state index in [2.05, 4.69) is 70.9 Å². The lowest BCUT2D eigenvalue weighted by atomic mass is 9.97. The second kappa shape index (κ2) is 7.50. The number of imidazole rings is 1. The van der Waals surface area contributed by atoms with Gasteiger partial charge in [-0.2, -0.15) is 0 Å². The first-order valence-electron chi connectivity index (χ1n) is 11.8. The lowest BCUT2D eigenvalue weighted by Gasteiger charge is -2.13. The maximum Gasteiger partial charge on any atom is 0.146 e. The lowest BCUT2D eigenvalue weighted by molar-refractivity contribution is 0.418. The highest BCUT2D eigenvalue weighted by molar-refractivity contribution is 6.23. The predicted octanol–water partition coefficient (Wildman–Crippen LogP) is 6.98. The summed E-state index contributed by atoms with van der Waals surface area (Å²) in [4.78, 5) is 14.6. The lowest BCUT2D eigenvalue weighted by Crippen LogP contribution is -1.95. The molecule has 0 saturated carbocycles. The third kappa shape index (κ3) is 2.78. The number of methoxy groups -OCH3 is 1. The van der Waals surface area contributed by atoms with Gasteiger partial charge in [0.1, 0.15) is 11.4 Å². The van der Waals surface area contributed by atoms with E-state index in [0.29, 0.717) is 0 Å². The van der Waals surface area contributed by atoms with Crippen molar-refractivity contribution in [1.82, 2.24) is 19.4 Å². The summed E-state index contributed by atoms with van der Waals surface area (Å²) in [5, 5.41) is 4.13. The third-order valence-electron chi connectivity index (χ3n) is 6.95. The Bertz CT molecular complexity index is 1920. The Hall–Kier alpha value is -4.51. The fourth-order valence-electron chi connectivity index (χ4n) is 5.26. The highest BCUT2D eigenvalue weighted by Gasteiger charge is 2.20. The molecule has 0 aliphatic carbocycles. The Morgan fingerprint density at radius 2 is 1.49 bits per heavy atom. The van der Waals surface area contributed by atoms with Gasteiger partial charge in [-0.25, -0.2) is 4.98 Å². The summed E-state index contributed by atoms with van der Waals surface area (Å²) in [6, 6.07) is 23.3. The molecule has 4 aromatic heterocycles. The molecule has 7 aromatic rings. The minimum Gasteiger partial charge on any atom is -0.495 e. The van der Waals surface area contributed by atoms with E-state index in [-0.39, 0.29) is 0 Å². The van der Waals surface area contributed by atoms with E-state index < -0.39 is 0 Å². The molecule has 0 unspecified atom stereocenters. The number of pyridine rings is 3. The molecule has 0 saturated heterocycles. The summed E-state index contributed by atoms with van der Waals surface area (Å²) in [7, 11) is 1.72. The summed E-state index contributed by atoms with van der Waals surface area (Å²) >= 11 is 0. The number of ether oxygens (including phenoxy) is 1. The smallest absolute Gasteiger partial charge is 0.146 e. The van der Waals surface area contributed by atoms with Gasteiger partial charge < -0.3 is 4.74 Å². The summed E-state index contributed by atoms with van der Waals surface area (Å²) in [5.74, 6) is 0.808. The van der Waals surface area contributed by atoms with Gasteiger partial charge in [-0.05, 0) is 47.4 Å². The molecule has 0 atom stereocenters. The van der Waals surface area contributed by atoms with Crippen molar-refractivity contribution < 1.29 is 4.74 Å². The highest BCUT2D eigenvalue weighted by atomic mass is 16.5. The van der Waals surface area contributed by atoms with E-state index in [0.717, 1.165) is 72.6 Å². The van der Waals surface area contributed by atoms with Crippen LogP contribution >= 0.6 is 0 Å². The molecule has 0 amide bonds. The minimum atomic E-state index is 0.808. The molecule has 0 bridgehead atoms. The molecule has 0 N–H and O–H groups in total. The van der Waals surface area contributed by atoms with E-state index in [1.807, 2.05) is 30.7 Å². The van der Waals surface area contributed by atoms with Crippen molar-refractivity contribution in [3.05, 3.63) is 90.9 Å². The van der Waals surface area contributed by atoms with Crippen LogP contribution in [0.15, 0.2) is 85.3 Å². The highest BCUT2D eigenvalue weighted by Crippen LogP contribution is 2.40. The monoisotopic (exact) mass is 454 g/mol. The Balaban J connectivity index is 1.72. The molecule has 5 nitrogen and oxygen atoms in total. The van der Waals surface area contributed by atoms with Crippen molar-refractivity contribution in [3.8, 4) is 16.9 Å². The summed E-state index contributed by atoms with van der Waals surface area (Å²) in [6.07, 6.45) is 6.70. The van der Waals surface area contributed by atoms with Crippen LogP contribution in [-0.2, 0) is 6.42 Å². The Labute approximate surface area is 201 Å². The molecule has 0 fully saturated rings. The molecule has 0 radical (unpaired) electrons. The van der Waals surface area contributed by atoms with Crippen molar-refractivity contribution in [3.63, 3.8) is 0 Å². The number of hydrogen-bond acceptors (Lipinski definition) is 4. The Kier molecular flexibility index (Phi) is 4.27. The van der Waals surface area contributed by atoms with Gasteiger partial charge in [0.05, 0.1) is 35.4 Å². The van der Waals surface area contributed by atoms with Crippen LogP contribution in [0, 0.1) is 0 Å². The molecule has 5 heteroatoms. The topological polar surface area (TPSA) is 52.3 Å². The van der Waals surface area contributed by atoms with Crippen LogP contribution in [0.4, 0.5) is 0 Å². The summed E-state index contributed by atoms with van der Waals surface area (Å²) in [5.41, 5.74) is 8.18. The van der Waals surface area contributed by atoms with Crippen LogP contribution in [0.5, 0.6) is 5.75 Å². The van der Waals surface area contributed by atoms with Gasteiger partial charge in [-0.1, -0.05) is 49.4 Å². The van der Waals surface area contributed by atoms with Gasteiger partial charge in [-0.3, -0.25) is 14.4 Å². The summed E-state index contributed by atoms with van der Waals surface area (Å²) < 4.78 is 8.07. The predicted molar refractivity (Wildman–Crippen MR) is 142 cm³/mol. The van der Waals surface area contributed by atoms with E-state index in [4.69, 9.17) is 14.7 Å². The third-order valence-corrected chi connectivity index (χ3v) is 6.95. The van der Waals surface area contributed by atoms with E-state index in [1.165, 1.54) is 5.56 Å². The minimum absolute atomic E-state index is 0.808. The molecule has 0 spiro atoms. The molecule has 4 heterocycles. The van der Waals surface area contributed by atoms with Gasteiger partial charge in [-0.15, -0.1) is 0 Å². The first kappa shape index (κ1) is 19.9. The number of aryl methyl sites for hydroxylation is 1. The Morgan fingerprint density at radius 3 is 2.23 bits per heavy atom. The molecule has 0 aliphatic rings. The average Bonchev–Trinajstić information content (AvgIpc) is 3.32. The number of hydrogen-bond donors (Lipinski definition) is 0. The number of aromatic nitrogens is 4. The van der Waals surface area contributed by atoms with Crippen LogP contribution < -0.4 is 4.74 Å². The van der Waals surface area contributed by atoms with Crippen molar-refractivity contribution in [2.75, 3.05) is 7.11 Å². The molecule has 0 aliphatic heterocycles. The van der Waals surface area contributed by atoms with Gasteiger partial charge in [0.2, 0.25) is 0 Å². The number of nitrogens with zero attached hydrogens (tertiary/aromatic N) is 4. The average molecular weight is 455 g/mol. The maximum absolute atomic E-state index is 5.90. The standard InChI is InChI=1S/C30H22N4O/c1-3-18-11-13-19(14-12-18)20-7-4-8-21-24(35-2)17-34-29-23-10-6-16-32-27(23)26-22(9-5-15-31-26)28(29)33-30(34)25(20)21/h4-17H,3H2,1-2H3. The Morgan fingerprint density at radius 1 is 0.771 bits per heavy atom. The largest absolute Gasteiger partial charge is 0.495 e. The van der Waals surface area contributed by atoms with Crippen LogP contribution in [0.2, 0.25) is 0 Å². The second-order valence-corrected chi connectivity index (χ2v) is 8.78. The number of rotatable bonds is 3. The fraction of sp³-hybridized carbons (Fsp3) is 0.100. The summed E-state index contributed by atoms with van der Waals surface area (Å²) in [6.45, 7) is 2.18. The van der Waals surface area contributed by atoms with Crippen LogP contribution in [0.25, 0.3) is 60.4 Å². The van der Waals surface area contributed by atoms with Gasteiger partial charge in [0.15, 0.2) is 0 Å². The van der Waals surface area contributed by atoms with Gasteiger partial charge in [0.25, 0.3) is 0 Å². The van der Waals surface area contributed by atoms with Crippen LogP contribution in [-0.4, -0.2) is 26.5 Å². The van der Waals surface area contributed by atoms with Crippen LogP contribution in [0.1, 0.15) is 12.5 Å². The molecular formula is C30H22N4O. The molecule has 168 valence electrons. The zero-order valence-corrected chi connectivity index (χ0v) is 19.5. The van der Waals surface area contributed by atoms with Crippen LogP contribution in [0.3, 0.4) is 0 Å². The van der Waals surface area contributed by atoms with Crippen molar-refractivity contribution in [1.29, 1.82) is 0 Å². The second-order valence-electron chi connectivity index (χ2n) is 8.78. The molecule has 3 aromatic carbocycles. The molecule has 7 rings (SSSR count). The van der Waals surface area contributed by atoms with E-state index >= 15 is 0 Å². The van der Waals surface area contributed by atoms with Gasteiger partial charge in [0, 0.05) is 33.9 Å². The maximum atomic E-state index is 5.90. The quantitative estimate of drug-likeness (QED) is 0.270. The number of benzene rings is 3. The van der Waals surface area contributed by atoms with Crippen molar-refractivity contribution in [2.24, 2.45) is 0 Å². The normalized spacial score (nSPS) is 11.8. The van der Waals surface area contributed by atoms with Gasteiger partial charge >= 0.3 is 0 Å². The SMILES string of the molecule is CCc1ccc(-c2cccc3c(OC)cn4c(nc5c6cccnc6c6ncccc6c54)c23)cc1. The molecular weight excluding hydrogens is 432 g/mol. The first-order chi connectivity index (χ1) is 17.3. The zero-order valence-electron chi connectivity index (χ0n) is 19.5. The number of fused-ring (bicyclic) bond motifs is 10. The first-order valence-corrected chi connectivity index (χ1v) is 11.8. The fourth-order valence-corrected chi connectivity index (χ4v) is 5.26. The zero-order chi connectivity index (χ0) is 23.5. The van der Waals surface area contributed by atoms with E-state index in [1.54, 1.807) is 7.11 Å². The van der Waals surface area contributed by atoms with Crippen molar-refractivity contribution in [2.45, 2.75) is 13.3 Å². The van der Waals surface area contributed by atoms with Crippen molar-refractivity contribution >= 4 is 49.3 Å². The van der Waals surface area contributed by atoms with E-state index in [9.17, 15) is 0 Å².